The lowest BCUT2D eigenvalue weighted by Gasteiger charge is -2.19. The van der Waals surface area contributed by atoms with Crippen LogP contribution < -0.4 is 10.2 Å². The zero-order chi connectivity index (χ0) is 20.3. The van der Waals surface area contributed by atoms with Gasteiger partial charge in [-0.05, 0) is 30.9 Å². The fourth-order valence-electron chi connectivity index (χ4n) is 2.94. The van der Waals surface area contributed by atoms with Crippen LogP contribution in [0, 0.1) is 5.92 Å². The van der Waals surface area contributed by atoms with Gasteiger partial charge < -0.3 is 10.4 Å². The molecule has 0 aliphatic rings. The van der Waals surface area contributed by atoms with E-state index in [2.05, 4.69) is 34.1 Å². The van der Waals surface area contributed by atoms with Crippen LogP contribution in [-0.4, -0.2) is 32.7 Å². The zero-order valence-corrected chi connectivity index (χ0v) is 18.3. The molecule has 0 aliphatic carbocycles. The molecule has 2 atom stereocenters. The Balaban J connectivity index is 1.93. The van der Waals surface area contributed by atoms with Crippen molar-refractivity contribution in [1.29, 1.82) is 0 Å². The number of halogens is 1. The molecule has 0 spiro atoms. The van der Waals surface area contributed by atoms with Crippen molar-refractivity contribution in [3.63, 3.8) is 0 Å². The number of anilines is 1. The van der Waals surface area contributed by atoms with Crippen LogP contribution in [0.1, 0.15) is 38.0 Å². The first kappa shape index (κ1) is 21.1. The first-order valence-electron chi connectivity index (χ1n) is 9.06. The van der Waals surface area contributed by atoms with Crippen LogP contribution in [0.2, 0.25) is 5.02 Å². The lowest BCUT2D eigenvalue weighted by atomic mass is 10.0. The van der Waals surface area contributed by atoms with E-state index in [1.54, 1.807) is 0 Å². The summed E-state index contributed by atoms with van der Waals surface area (Å²) in [6.45, 7) is 6.22. The first-order chi connectivity index (χ1) is 13.4. The van der Waals surface area contributed by atoms with Crippen LogP contribution in [0.3, 0.4) is 0 Å². The van der Waals surface area contributed by atoms with E-state index in [0.29, 0.717) is 32.3 Å². The molecule has 2 aromatic heterocycles. The largest absolute Gasteiger partial charge is 0.394 e. The number of aliphatic hydroxyl groups is 1. The summed E-state index contributed by atoms with van der Waals surface area (Å²) in [5.74, 6) is 0.989. The predicted octanol–water partition coefficient (Wildman–Crippen LogP) is 4.71. The van der Waals surface area contributed by atoms with E-state index in [4.69, 9.17) is 11.6 Å². The number of nitrogens with zero attached hydrogens (tertiary/aromatic N) is 2. The van der Waals surface area contributed by atoms with E-state index < -0.39 is 0 Å². The summed E-state index contributed by atoms with van der Waals surface area (Å²) in [6, 6.07) is 7.54. The molecule has 0 amide bonds. The predicted molar refractivity (Wildman–Crippen MR) is 118 cm³/mol. The number of rotatable bonds is 8. The normalized spacial score (nSPS) is 13.8. The average Bonchev–Trinajstić information content (AvgIpc) is 3.01. The van der Waals surface area contributed by atoms with Crippen molar-refractivity contribution in [3.8, 4) is 0 Å². The second kappa shape index (κ2) is 9.26. The molecule has 150 valence electrons. The molecule has 0 bridgehead atoms. The number of aromatic amines is 1. The molecule has 0 radical (unpaired) electrons. The van der Waals surface area contributed by atoms with Gasteiger partial charge in [-0.1, -0.05) is 66.7 Å². The zero-order valence-electron chi connectivity index (χ0n) is 15.9. The number of thiazole rings is 1. The van der Waals surface area contributed by atoms with Crippen LogP contribution in [0.15, 0.2) is 34.2 Å². The van der Waals surface area contributed by atoms with E-state index in [1.807, 2.05) is 31.2 Å². The van der Waals surface area contributed by atoms with Crippen molar-refractivity contribution in [3.05, 3.63) is 44.5 Å². The van der Waals surface area contributed by atoms with Gasteiger partial charge in [-0.25, -0.2) is 9.97 Å². The highest BCUT2D eigenvalue weighted by Gasteiger charge is 2.19. The van der Waals surface area contributed by atoms with Crippen molar-refractivity contribution < 1.29 is 5.11 Å². The Morgan fingerprint density at radius 3 is 2.71 bits per heavy atom. The smallest absolute Gasteiger partial charge is 0.306 e. The Morgan fingerprint density at radius 1 is 1.29 bits per heavy atom. The summed E-state index contributed by atoms with van der Waals surface area (Å²) in [4.78, 5) is 23.6. The fraction of sp³-hybridized carbons (Fsp3) is 0.421. The highest BCUT2D eigenvalue weighted by Crippen LogP contribution is 2.37. The molecule has 1 aromatic carbocycles. The number of hydrogen-bond acceptors (Lipinski definition) is 7. The van der Waals surface area contributed by atoms with Crippen molar-refractivity contribution in [2.24, 2.45) is 5.92 Å². The molecule has 9 heteroatoms. The first-order valence-corrected chi connectivity index (χ1v) is 11.1. The van der Waals surface area contributed by atoms with Crippen molar-refractivity contribution in [2.45, 2.75) is 43.6 Å². The van der Waals surface area contributed by atoms with Gasteiger partial charge in [-0.2, -0.15) is 0 Å². The number of hydrogen-bond donors (Lipinski definition) is 3. The van der Waals surface area contributed by atoms with Crippen molar-refractivity contribution in [1.82, 2.24) is 15.0 Å². The lowest BCUT2D eigenvalue weighted by molar-refractivity contribution is 0.259. The van der Waals surface area contributed by atoms with Gasteiger partial charge in [0.25, 0.3) is 0 Å². The third-order valence-corrected chi connectivity index (χ3v) is 6.43. The Hall–Kier alpha value is -1.61. The summed E-state index contributed by atoms with van der Waals surface area (Å²) < 4.78 is 0.668. The second-order valence-corrected chi connectivity index (χ2v) is 9.68. The molecule has 0 saturated carbocycles. The van der Waals surface area contributed by atoms with Crippen molar-refractivity contribution in [2.75, 3.05) is 11.9 Å². The topological polar surface area (TPSA) is 90.9 Å². The van der Waals surface area contributed by atoms with Gasteiger partial charge in [0.2, 0.25) is 0 Å². The number of aromatic nitrogens is 3. The van der Waals surface area contributed by atoms with E-state index >= 15 is 0 Å². The minimum absolute atomic E-state index is 0.0124. The van der Waals surface area contributed by atoms with E-state index in [0.717, 1.165) is 23.3 Å². The van der Waals surface area contributed by atoms with Crippen LogP contribution >= 0.6 is 34.7 Å². The summed E-state index contributed by atoms with van der Waals surface area (Å²) >= 11 is 8.85. The molecule has 2 heterocycles. The molecule has 28 heavy (non-hydrogen) atoms. The maximum Gasteiger partial charge on any atom is 0.306 e. The Labute approximate surface area is 176 Å². The van der Waals surface area contributed by atoms with Gasteiger partial charge in [-0.15, -0.1) is 0 Å². The average molecular weight is 439 g/mol. The fourth-order valence-corrected chi connectivity index (χ4v) is 4.97. The summed E-state index contributed by atoms with van der Waals surface area (Å²) in [5, 5.41) is 14.3. The van der Waals surface area contributed by atoms with Crippen LogP contribution in [0.25, 0.3) is 10.3 Å². The van der Waals surface area contributed by atoms with Gasteiger partial charge in [0.15, 0.2) is 16.6 Å². The van der Waals surface area contributed by atoms with Gasteiger partial charge >= 0.3 is 4.87 Å². The Kier molecular flexibility index (Phi) is 6.98. The number of thioether (sulfide) groups is 1. The van der Waals surface area contributed by atoms with Crippen LogP contribution in [0.4, 0.5) is 5.82 Å². The van der Waals surface area contributed by atoms with E-state index in [1.165, 1.54) is 11.8 Å². The Bertz CT molecular complexity index is 1010. The third-order valence-electron chi connectivity index (χ3n) is 4.20. The van der Waals surface area contributed by atoms with Crippen molar-refractivity contribution >= 4 is 50.9 Å². The molecule has 0 fully saturated rings. The van der Waals surface area contributed by atoms with Gasteiger partial charge in [-0.3, -0.25) is 9.78 Å². The van der Waals surface area contributed by atoms with E-state index in [-0.39, 0.29) is 22.8 Å². The monoisotopic (exact) mass is 438 g/mol. The molecule has 2 unspecified atom stereocenters. The highest BCUT2D eigenvalue weighted by molar-refractivity contribution is 7.99. The van der Waals surface area contributed by atoms with E-state index in [9.17, 15) is 9.90 Å². The SMILES string of the molecule is CC(C)CC(CO)Nc1nc(SC(C)c2ccccc2Cl)nc2[nH]c(=O)sc12. The van der Waals surface area contributed by atoms with Gasteiger partial charge in [0.05, 0.1) is 12.6 Å². The standard InChI is InChI=1S/C19H23ClN4O2S2/c1-10(2)8-12(9-25)21-16-15-17(24-19(26)28-15)23-18(22-16)27-11(3)13-6-4-5-7-14(13)20/h4-7,10-12,25H,8-9H2,1-3H3,(H2,21,22,23,24,26). The molecule has 3 N–H and O–H groups in total. The minimum Gasteiger partial charge on any atom is -0.394 e. The number of H-pyrrole nitrogens is 1. The quantitative estimate of drug-likeness (QED) is 0.348. The molecular weight excluding hydrogens is 416 g/mol. The van der Waals surface area contributed by atoms with Crippen LogP contribution in [-0.2, 0) is 0 Å². The molecule has 3 rings (SSSR count). The molecular formula is C19H23ClN4O2S2. The number of aliphatic hydroxyl groups excluding tert-OH is 1. The minimum atomic E-state index is -0.182. The van der Waals surface area contributed by atoms with Crippen LogP contribution in [0.5, 0.6) is 0 Å². The second-order valence-electron chi connectivity index (χ2n) is 6.98. The summed E-state index contributed by atoms with van der Waals surface area (Å²) in [6.07, 6.45) is 0.791. The maximum absolute atomic E-state index is 11.9. The number of fused-ring (bicyclic) bond motifs is 1. The summed E-state index contributed by atoms with van der Waals surface area (Å²) in [7, 11) is 0. The maximum atomic E-state index is 11.9. The molecule has 0 aliphatic heterocycles. The number of benzene rings is 1. The number of nitrogens with one attached hydrogen (secondary N) is 2. The molecule has 0 saturated heterocycles. The summed E-state index contributed by atoms with van der Waals surface area (Å²) in [5.41, 5.74) is 1.50. The third kappa shape index (κ3) is 5.05. The molecule has 3 aromatic rings. The Morgan fingerprint density at radius 2 is 2.04 bits per heavy atom. The van der Waals surface area contributed by atoms with Gasteiger partial charge in [0, 0.05) is 10.3 Å². The lowest BCUT2D eigenvalue weighted by Crippen LogP contribution is -2.26. The van der Waals surface area contributed by atoms with Gasteiger partial charge in [0.1, 0.15) is 4.70 Å². The molecule has 6 nitrogen and oxygen atoms in total. The highest BCUT2D eigenvalue weighted by atomic mass is 35.5.